The molecule has 0 amide bonds. The van der Waals surface area contributed by atoms with Crippen molar-refractivity contribution < 1.29 is 0 Å². The first-order valence-corrected chi connectivity index (χ1v) is 5.37. The lowest BCUT2D eigenvalue weighted by Gasteiger charge is -2.09. The lowest BCUT2D eigenvalue weighted by Crippen LogP contribution is -2.21. The molecule has 1 unspecified atom stereocenters. The van der Waals surface area contributed by atoms with Gasteiger partial charge in [-0.1, -0.05) is 5.57 Å². The van der Waals surface area contributed by atoms with E-state index in [2.05, 4.69) is 44.3 Å². The van der Waals surface area contributed by atoms with Crippen LogP contribution in [0.3, 0.4) is 0 Å². The van der Waals surface area contributed by atoms with E-state index in [4.69, 9.17) is 0 Å². The van der Waals surface area contributed by atoms with Gasteiger partial charge in [0, 0.05) is 15.8 Å². The van der Waals surface area contributed by atoms with Crippen LogP contribution in [-0.2, 0) is 0 Å². The molecule has 13 heavy (non-hydrogen) atoms. The monoisotopic (exact) mass is 195 g/mol. The van der Waals surface area contributed by atoms with E-state index in [9.17, 15) is 0 Å². The molecule has 0 aliphatic heterocycles. The van der Waals surface area contributed by atoms with Gasteiger partial charge in [-0.25, -0.2) is 0 Å². The van der Waals surface area contributed by atoms with Gasteiger partial charge in [-0.15, -0.1) is 11.3 Å². The van der Waals surface area contributed by atoms with Crippen LogP contribution in [0.1, 0.15) is 23.6 Å². The zero-order valence-electron chi connectivity index (χ0n) is 8.72. The molecule has 72 valence electrons. The minimum absolute atomic E-state index is 0.461. The molecule has 1 rings (SSSR count). The third-order valence-electron chi connectivity index (χ3n) is 2.25. The molecular formula is C11H17NS. The smallest absolute Gasteiger partial charge is 0.0273 e. The van der Waals surface area contributed by atoms with Crippen LogP contribution < -0.4 is 5.32 Å². The van der Waals surface area contributed by atoms with Crippen LogP contribution in [0.4, 0.5) is 0 Å². The van der Waals surface area contributed by atoms with Crippen molar-refractivity contribution in [3.63, 3.8) is 0 Å². The number of rotatable bonds is 3. The van der Waals surface area contributed by atoms with Crippen LogP contribution in [0.5, 0.6) is 0 Å². The predicted molar refractivity (Wildman–Crippen MR) is 61.2 cm³/mol. The third-order valence-corrected chi connectivity index (χ3v) is 3.19. The molecule has 1 heterocycles. The van der Waals surface area contributed by atoms with E-state index in [1.165, 1.54) is 15.3 Å². The highest BCUT2D eigenvalue weighted by atomic mass is 32.1. The average molecular weight is 195 g/mol. The average Bonchev–Trinajstić information content (AvgIpc) is 2.49. The summed E-state index contributed by atoms with van der Waals surface area (Å²) in [6.45, 7) is 6.47. The van der Waals surface area contributed by atoms with Crippen molar-refractivity contribution in [1.29, 1.82) is 0 Å². The third kappa shape index (κ3) is 2.98. The van der Waals surface area contributed by atoms with Gasteiger partial charge >= 0.3 is 0 Å². The minimum atomic E-state index is 0.461. The van der Waals surface area contributed by atoms with Crippen LogP contribution in [0.15, 0.2) is 17.7 Å². The molecule has 0 spiro atoms. The predicted octanol–water partition coefficient (Wildman–Crippen LogP) is 3.07. The molecular weight excluding hydrogens is 178 g/mol. The summed E-state index contributed by atoms with van der Waals surface area (Å²) in [7, 11) is 1.99. The van der Waals surface area contributed by atoms with Crippen molar-refractivity contribution in [3.05, 3.63) is 27.5 Å². The van der Waals surface area contributed by atoms with Crippen molar-refractivity contribution in [1.82, 2.24) is 5.32 Å². The maximum Gasteiger partial charge on any atom is 0.0273 e. The molecule has 2 heteroatoms. The second-order valence-electron chi connectivity index (χ2n) is 3.35. The molecule has 0 aliphatic rings. The number of likely N-dealkylation sites (N-methyl/N-ethyl adjacent to an activating group) is 1. The van der Waals surface area contributed by atoms with E-state index in [0.29, 0.717) is 6.04 Å². The fourth-order valence-electron chi connectivity index (χ4n) is 1.11. The molecule has 0 fully saturated rings. The first-order valence-electron chi connectivity index (χ1n) is 4.55. The van der Waals surface area contributed by atoms with Gasteiger partial charge in [0.25, 0.3) is 0 Å². The van der Waals surface area contributed by atoms with Crippen LogP contribution in [0, 0.1) is 6.92 Å². The topological polar surface area (TPSA) is 12.0 Å². The molecule has 1 nitrogen and oxygen atoms in total. The van der Waals surface area contributed by atoms with Gasteiger partial charge in [-0.2, -0.15) is 0 Å². The zero-order valence-corrected chi connectivity index (χ0v) is 9.53. The van der Waals surface area contributed by atoms with E-state index in [0.717, 1.165) is 0 Å². The Bertz CT molecular complexity index is 299. The molecule has 0 saturated carbocycles. The highest BCUT2D eigenvalue weighted by molar-refractivity contribution is 7.12. The van der Waals surface area contributed by atoms with Crippen molar-refractivity contribution in [2.24, 2.45) is 0 Å². The van der Waals surface area contributed by atoms with Gasteiger partial charge in [0.1, 0.15) is 0 Å². The van der Waals surface area contributed by atoms with E-state index in [1.807, 2.05) is 18.4 Å². The molecule has 1 aromatic heterocycles. The first-order chi connectivity index (χ1) is 6.13. The second kappa shape index (κ2) is 4.58. The highest BCUT2D eigenvalue weighted by Gasteiger charge is 2.00. The molecule has 0 radical (unpaired) electrons. The highest BCUT2D eigenvalue weighted by Crippen LogP contribution is 2.18. The summed E-state index contributed by atoms with van der Waals surface area (Å²) in [5.41, 5.74) is 1.38. The lowest BCUT2D eigenvalue weighted by atomic mass is 10.1. The Balaban J connectivity index is 2.76. The number of aryl methyl sites for hydroxylation is 1. The standard InChI is InChI=1S/C11H17NS/c1-8(10(3)12-4)7-11-6-5-9(2)13-11/h5-7,10,12H,1-4H3/b8-7+. The Labute approximate surface area is 84.5 Å². The summed E-state index contributed by atoms with van der Waals surface area (Å²) in [5.74, 6) is 0. The summed E-state index contributed by atoms with van der Waals surface area (Å²) in [6.07, 6.45) is 2.25. The largest absolute Gasteiger partial charge is 0.314 e. The van der Waals surface area contributed by atoms with Crippen molar-refractivity contribution in [3.8, 4) is 0 Å². The second-order valence-corrected chi connectivity index (χ2v) is 4.67. The van der Waals surface area contributed by atoms with Gasteiger partial charge in [0.05, 0.1) is 0 Å². The molecule has 0 aliphatic carbocycles. The lowest BCUT2D eigenvalue weighted by molar-refractivity contribution is 0.696. The fraction of sp³-hybridized carbons (Fsp3) is 0.455. The number of hydrogen-bond acceptors (Lipinski definition) is 2. The van der Waals surface area contributed by atoms with Gasteiger partial charge in [-0.3, -0.25) is 0 Å². The van der Waals surface area contributed by atoms with Crippen LogP contribution in [0.25, 0.3) is 6.08 Å². The first kappa shape index (κ1) is 10.5. The maximum atomic E-state index is 3.23. The fourth-order valence-corrected chi connectivity index (χ4v) is 2.00. The number of thiophene rings is 1. The van der Waals surface area contributed by atoms with Crippen molar-refractivity contribution in [2.75, 3.05) is 7.05 Å². The summed E-state index contributed by atoms with van der Waals surface area (Å²) in [6, 6.07) is 4.79. The Hall–Kier alpha value is -0.600. The van der Waals surface area contributed by atoms with Gasteiger partial charge in [0.2, 0.25) is 0 Å². The van der Waals surface area contributed by atoms with Crippen LogP contribution in [-0.4, -0.2) is 13.1 Å². The van der Waals surface area contributed by atoms with Gasteiger partial charge in [0.15, 0.2) is 0 Å². The van der Waals surface area contributed by atoms with E-state index in [-0.39, 0.29) is 0 Å². The Morgan fingerprint density at radius 3 is 2.69 bits per heavy atom. The normalized spacial score (nSPS) is 14.6. The van der Waals surface area contributed by atoms with E-state index < -0.39 is 0 Å². The summed E-state index contributed by atoms with van der Waals surface area (Å²) in [4.78, 5) is 2.72. The minimum Gasteiger partial charge on any atom is -0.314 e. The van der Waals surface area contributed by atoms with Crippen LogP contribution in [0.2, 0.25) is 0 Å². The molecule has 0 saturated heterocycles. The summed E-state index contributed by atoms with van der Waals surface area (Å²) >= 11 is 1.84. The summed E-state index contributed by atoms with van der Waals surface area (Å²) < 4.78 is 0. The molecule has 0 aromatic carbocycles. The SMILES string of the molecule is CNC(C)/C(C)=C/c1ccc(C)s1. The van der Waals surface area contributed by atoms with Crippen molar-refractivity contribution >= 4 is 17.4 Å². The van der Waals surface area contributed by atoms with Crippen LogP contribution >= 0.6 is 11.3 Å². The van der Waals surface area contributed by atoms with E-state index >= 15 is 0 Å². The quantitative estimate of drug-likeness (QED) is 0.781. The Morgan fingerprint density at radius 1 is 1.54 bits per heavy atom. The molecule has 0 bridgehead atoms. The number of hydrogen-bond donors (Lipinski definition) is 1. The summed E-state index contributed by atoms with van der Waals surface area (Å²) in [5, 5.41) is 3.23. The van der Waals surface area contributed by atoms with Gasteiger partial charge in [-0.05, 0) is 46.0 Å². The molecule has 1 aromatic rings. The maximum absolute atomic E-state index is 3.23. The Morgan fingerprint density at radius 2 is 2.23 bits per heavy atom. The molecule has 1 N–H and O–H groups in total. The van der Waals surface area contributed by atoms with Crippen molar-refractivity contribution in [2.45, 2.75) is 26.8 Å². The zero-order chi connectivity index (χ0) is 9.84. The number of nitrogens with one attached hydrogen (secondary N) is 1. The van der Waals surface area contributed by atoms with E-state index in [1.54, 1.807) is 0 Å². The van der Waals surface area contributed by atoms with Gasteiger partial charge < -0.3 is 5.32 Å². The molecule has 1 atom stereocenters. The Kier molecular flexibility index (Phi) is 3.70.